The number of rotatable bonds is 3. The zero-order valence-electron chi connectivity index (χ0n) is 11.1. The summed E-state index contributed by atoms with van der Waals surface area (Å²) in [4.78, 5) is 20.4. The molecule has 0 radical (unpaired) electrons. The molecule has 0 aliphatic rings. The number of amides is 1. The van der Waals surface area contributed by atoms with Crippen LogP contribution in [0, 0.1) is 0 Å². The van der Waals surface area contributed by atoms with Gasteiger partial charge in [-0.05, 0) is 23.8 Å². The van der Waals surface area contributed by atoms with Crippen LogP contribution in [0.25, 0.3) is 10.9 Å². The van der Waals surface area contributed by atoms with Crippen LogP contribution < -0.4 is 5.32 Å². The number of benzene rings is 2. The standard InChI is InChI=1S/C16H12ClN3O/c17-13-6-7-14-12(8-13)10-18-15(20-14)16(21)19-9-11-4-2-1-3-5-11/h1-8,10H,9H2,(H,19,21). The summed E-state index contributed by atoms with van der Waals surface area (Å²) in [6.45, 7) is 0.446. The predicted octanol–water partition coefficient (Wildman–Crippen LogP) is 3.21. The highest BCUT2D eigenvalue weighted by Gasteiger charge is 2.09. The van der Waals surface area contributed by atoms with Gasteiger partial charge in [0.15, 0.2) is 0 Å². The summed E-state index contributed by atoms with van der Waals surface area (Å²) in [7, 11) is 0. The molecule has 0 aliphatic heterocycles. The smallest absolute Gasteiger partial charge is 0.289 e. The maximum Gasteiger partial charge on any atom is 0.289 e. The van der Waals surface area contributed by atoms with Gasteiger partial charge in [0.2, 0.25) is 5.82 Å². The zero-order valence-corrected chi connectivity index (χ0v) is 11.8. The Labute approximate surface area is 126 Å². The molecule has 0 spiro atoms. The summed E-state index contributed by atoms with van der Waals surface area (Å²) in [5, 5.41) is 4.23. The van der Waals surface area contributed by atoms with E-state index in [0.717, 1.165) is 10.9 Å². The van der Waals surface area contributed by atoms with Gasteiger partial charge < -0.3 is 5.32 Å². The first-order valence-corrected chi connectivity index (χ1v) is 6.84. The lowest BCUT2D eigenvalue weighted by atomic mass is 10.2. The zero-order chi connectivity index (χ0) is 14.7. The number of fused-ring (bicyclic) bond motifs is 1. The molecule has 0 fully saturated rings. The van der Waals surface area contributed by atoms with Gasteiger partial charge in [-0.2, -0.15) is 0 Å². The minimum Gasteiger partial charge on any atom is -0.345 e. The molecule has 1 amide bonds. The van der Waals surface area contributed by atoms with Gasteiger partial charge in [0, 0.05) is 23.2 Å². The molecule has 1 N–H and O–H groups in total. The second kappa shape index (κ2) is 5.89. The third-order valence-corrected chi connectivity index (χ3v) is 3.28. The van der Waals surface area contributed by atoms with Crippen LogP contribution in [0.15, 0.2) is 54.7 Å². The number of nitrogens with zero attached hydrogens (tertiary/aromatic N) is 2. The molecule has 3 aromatic rings. The van der Waals surface area contributed by atoms with Crippen molar-refractivity contribution in [2.45, 2.75) is 6.54 Å². The summed E-state index contributed by atoms with van der Waals surface area (Å²) in [6, 6.07) is 15.0. The van der Waals surface area contributed by atoms with E-state index in [4.69, 9.17) is 11.6 Å². The predicted molar refractivity (Wildman–Crippen MR) is 82.2 cm³/mol. The molecule has 21 heavy (non-hydrogen) atoms. The van der Waals surface area contributed by atoms with Gasteiger partial charge in [-0.25, -0.2) is 9.97 Å². The number of carbonyl (C=O) groups is 1. The maximum absolute atomic E-state index is 12.1. The average molecular weight is 298 g/mol. The molecule has 0 bridgehead atoms. The summed E-state index contributed by atoms with van der Waals surface area (Å²) in [5.74, 6) is -0.142. The van der Waals surface area contributed by atoms with Crippen molar-refractivity contribution < 1.29 is 4.79 Å². The van der Waals surface area contributed by atoms with Gasteiger partial charge in [-0.1, -0.05) is 41.9 Å². The van der Waals surface area contributed by atoms with Gasteiger partial charge in [-0.3, -0.25) is 4.79 Å². The van der Waals surface area contributed by atoms with Crippen molar-refractivity contribution in [2.24, 2.45) is 0 Å². The lowest BCUT2D eigenvalue weighted by Gasteiger charge is -2.05. The van der Waals surface area contributed by atoms with Gasteiger partial charge in [0.05, 0.1) is 5.52 Å². The van der Waals surface area contributed by atoms with Crippen LogP contribution in [0.1, 0.15) is 16.2 Å². The second-order valence-corrected chi connectivity index (χ2v) is 5.00. The molecule has 2 aromatic carbocycles. The minimum absolute atomic E-state index is 0.153. The third-order valence-electron chi connectivity index (χ3n) is 3.04. The number of hydrogen-bond acceptors (Lipinski definition) is 3. The molecular formula is C16H12ClN3O. The number of hydrogen-bond donors (Lipinski definition) is 1. The van der Waals surface area contributed by atoms with Gasteiger partial charge in [0.1, 0.15) is 0 Å². The first-order valence-electron chi connectivity index (χ1n) is 6.47. The SMILES string of the molecule is O=C(NCc1ccccc1)c1ncc2cc(Cl)ccc2n1. The van der Waals surface area contributed by atoms with Crippen molar-refractivity contribution in [3.8, 4) is 0 Å². The monoisotopic (exact) mass is 297 g/mol. The van der Waals surface area contributed by atoms with E-state index in [1.807, 2.05) is 30.3 Å². The van der Waals surface area contributed by atoms with Crippen LogP contribution in [-0.4, -0.2) is 15.9 Å². The number of halogens is 1. The highest BCUT2D eigenvalue weighted by molar-refractivity contribution is 6.31. The summed E-state index contributed by atoms with van der Waals surface area (Å²) < 4.78 is 0. The Morgan fingerprint density at radius 1 is 1.14 bits per heavy atom. The second-order valence-electron chi connectivity index (χ2n) is 4.57. The van der Waals surface area contributed by atoms with E-state index >= 15 is 0 Å². The number of carbonyl (C=O) groups excluding carboxylic acids is 1. The van der Waals surface area contributed by atoms with Gasteiger partial charge >= 0.3 is 0 Å². The Morgan fingerprint density at radius 2 is 1.95 bits per heavy atom. The molecule has 1 heterocycles. The summed E-state index contributed by atoms with van der Waals surface area (Å²) in [5.41, 5.74) is 1.72. The molecule has 104 valence electrons. The quantitative estimate of drug-likeness (QED) is 0.807. The molecule has 3 rings (SSSR count). The van der Waals surface area contributed by atoms with Crippen molar-refractivity contribution in [3.05, 3.63) is 71.1 Å². The fraction of sp³-hybridized carbons (Fsp3) is 0.0625. The topological polar surface area (TPSA) is 54.9 Å². The van der Waals surface area contributed by atoms with Crippen molar-refractivity contribution >= 4 is 28.4 Å². The van der Waals surface area contributed by atoms with Crippen LogP contribution in [0.4, 0.5) is 0 Å². The average Bonchev–Trinajstić information content (AvgIpc) is 2.53. The Balaban J connectivity index is 1.77. The van der Waals surface area contributed by atoms with E-state index in [1.54, 1.807) is 24.4 Å². The molecule has 0 saturated carbocycles. The van der Waals surface area contributed by atoms with E-state index in [-0.39, 0.29) is 11.7 Å². The van der Waals surface area contributed by atoms with E-state index < -0.39 is 0 Å². The van der Waals surface area contributed by atoms with Crippen LogP contribution in [0.2, 0.25) is 5.02 Å². The third kappa shape index (κ3) is 3.17. The normalized spacial score (nSPS) is 10.5. The van der Waals surface area contributed by atoms with Gasteiger partial charge in [0.25, 0.3) is 5.91 Å². The Hall–Kier alpha value is -2.46. The molecule has 0 atom stereocenters. The van der Waals surface area contributed by atoms with E-state index in [2.05, 4.69) is 15.3 Å². The number of nitrogens with one attached hydrogen (secondary N) is 1. The van der Waals surface area contributed by atoms with Crippen LogP contribution in [0.5, 0.6) is 0 Å². The van der Waals surface area contributed by atoms with Crippen molar-refractivity contribution in [2.75, 3.05) is 0 Å². The maximum atomic E-state index is 12.1. The first kappa shape index (κ1) is 13.5. The Bertz CT molecular complexity index is 790. The minimum atomic E-state index is -0.296. The van der Waals surface area contributed by atoms with E-state index in [0.29, 0.717) is 17.1 Å². The molecule has 0 aliphatic carbocycles. The lowest BCUT2D eigenvalue weighted by molar-refractivity contribution is 0.0941. The molecule has 0 saturated heterocycles. The van der Waals surface area contributed by atoms with Gasteiger partial charge in [-0.15, -0.1) is 0 Å². The Morgan fingerprint density at radius 3 is 2.76 bits per heavy atom. The molecule has 1 aromatic heterocycles. The van der Waals surface area contributed by atoms with Crippen LogP contribution >= 0.6 is 11.6 Å². The van der Waals surface area contributed by atoms with Crippen LogP contribution in [-0.2, 0) is 6.54 Å². The fourth-order valence-corrected chi connectivity index (χ4v) is 2.15. The highest BCUT2D eigenvalue weighted by atomic mass is 35.5. The molecular weight excluding hydrogens is 286 g/mol. The Kier molecular flexibility index (Phi) is 3.79. The summed E-state index contributed by atoms with van der Waals surface area (Å²) >= 11 is 5.90. The fourth-order valence-electron chi connectivity index (χ4n) is 1.97. The van der Waals surface area contributed by atoms with Crippen LogP contribution in [0.3, 0.4) is 0 Å². The molecule has 4 nitrogen and oxygen atoms in total. The largest absolute Gasteiger partial charge is 0.345 e. The highest BCUT2D eigenvalue weighted by Crippen LogP contribution is 2.16. The first-order chi connectivity index (χ1) is 10.2. The molecule has 5 heteroatoms. The van der Waals surface area contributed by atoms with E-state index in [1.165, 1.54) is 0 Å². The van der Waals surface area contributed by atoms with E-state index in [9.17, 15) is 4.79 Å². The summed E-state index contributed by atoms with van der Waals surface area (Å²) in [6.07, 6.45) is 1.60. The lowest BCUT2D eigenvalue weighted by Crippen LogP contribution is -2.24. The number of aromatic nitrogens is 2. The van der Waals surface area contributed by atoms with Crippen molar-refractivity contribution in [1.82, 2.24) is 15.3 Å². The van der Waals surface area contributed by atoms with Crippen molar-refractivity contribution in [3.63, 3.8) is 0 Å². The molecule has 0 unspecified atom stereocenters. The van der Waals surface area contributed by atoms with Crippen molar-refractivity contribution in [1.29, 1.82) is 0 Å².